The van der Waals surface area contributed by atoms with E-state index in [1.54, 1.807) is 24.3 Å². The lowest BCUT2D eigenvalue weighted by atomic mass is 9.87. The Bertz CT molecular complexity index is 1220. The van der Waals surface area contributed by atoms with E-state index in [4.69, 9.17) is 4.74 Å². The van der Waals surface area contributed by atoms with Crippen LogP contribution in [0.2, 0.25) is 0 Å². The molecule has 6 unspecified atom stereocenters. The van der Waals surface area contributed by atoms with Crippen molar-refractivity contribution in [1.82, 2.24) is 20.9 Å². The molecule has 46 heavy (non-hydrogen) atoms. The number of anilines is 1. The molecule has 1 aliphatic rings. The number of benzene rings is 1. The Kier molecular flexibility index (Phi) is 17.0. The summed E-state index contributed by atoms with van der Waals surface area (Å²) in [7, 11) is 3.50. The van der Waals surface area contributed by atoms with Crippen molar-refractivity contribution >= 4 is 51.5 Å². The van der Waals surface area contributed by atoms with Crippen LogP contribution in [0.5, 0.6) is 0 Å². The van der Waals surface area contributed by atoms with Crippen molar-refractivity contribution < 1.29 is 23.9 Å². The zero-order valence-corrected chi connectivity index (χ0v) is 30.0. The predicted octanol–water partition coefficient (Wildman–Crippen LogP) is 4.03. The molecule has 0 aromatic heterocycles. The third kappa shape index (κ3) is 12.9. The Balaban J connectivity index is 1.80. The number of hydrogen-bond acceptors (Lipinski definition) is 7. The Hall–Kier alpha value is -3.25. The fourth-order valence-corrected chi connectivity index (χ4v) is 5.66. The molecule has 12 heteroatoms. The first-order valence-electron chi connectivity index (χ1n) is 16.2. The number of nitrogens with zero attached hydrogens (tertiary/aromatic N) is 2. The summed E-state index contributed by atoms with van der Waals surface area (Å²) in [5.74, 6) is -0.547. The molecule has 0 saturated carbocycles. The van der Waals surface area contributed by atoms with E-state index in [0.29, 0.717) is 35.5 Å². The van der Waals surface area contributed by atoms with Crippen molar-refractivity contribution in [2.24, 2.45) is 22.7 Å². The summed E-state index contributed by atoms with van der Waals surface area (Å²) in [5, 5.41) is 11.5. The number of hydrogen-bond donors (Lipinski definition) is 4. The van der Waals surface area contributed by atoms with Gasteiger partial charge in [0, 0.05) is 44.1 Å². The van der Waals surface area contributed by atoms with Crippen LogP contribution in [0.25, 0.3) is 0 Å². The van der Waals surface area contributed by atoms with Crippen LogP contribution in [0.1, 0.15) is 65.9 Å². The topological polar surface area (TPSA) is 141 Å². The van der Waals surface area contributed by atoms with Crippen molar-refractivity contribution in [2.45, 2.75) is 85.0 Å². The standard InChI is InChI=1S/C34H53BrN6O5/c1-8-22(2)11-9-12-23(3)31(46-7)24(4)34(45)41(6)16-15-26-13-10-14-28(17-26)40-30(42)21-38-32(43)25(5)39-33(44)27-19-36-29(18-35)37-20-27/h10,13-14,17,19-20,22-25,29,31,36H,8-9,11-12,15-16,18,21H2,1-7H3,(H,38,43)(H,39,44)(H,40,42). The van der Waals surface area contributed by atoms with Crippen LogP contribution in [0.4, 0.5) is 5.69 Å². The fraction of sp³-hybridized carbons (Fsp3) is 0.618. The van der Waals surface area contributed by atoms with E-state index in [9.17, 15) is 19.2 Å². The van der Waals surface area contributed by atoms with Gasteiger partial charge in [-0.2, -0.15) is 0 Å². The molecule has 4 N–H and O–H groups in total. The second-order valence-electron chi connectivity index (χ2n) is 12.3. The van der Waals surface area contributed by atoms with Gasteiger partial charge in [-0.15, -0.1) is 0 Å². The third-order valence-corrected chi connectivity index (χ3v) is 9.10. The average Bonchev–Trinajstić information content (AvgIpc) is 3.05. The zero-order valence-electron chi connectivity index (χ0n) is 28.4. The van der Waals surface area contributed by atoms with Crippen molar-refractivity contribution in [3.05, 3.63) is 41.6 Å². The predicted molar refractivity (Wildman–Crippen MR) is 187 cm³/mol. The Morgan fingerprint density at radius 3 is 2.50 bits per heavy atom. The number of rotatable bonds is 19. The molecule has 256 valence electrons. The molecule has 0 spiro atoms. The lowest BCUT2D eigenvalue weighted by Crippen LogP contribution is -2.47. The molecule has 6 atom stereocenters. The molecule has 1 heterocycles. The van der Waals surface area contributed by atoms with E-state index in [1.807, 2.05) is 32.2 Å². The highest BCUT2D eigenvalue weighted by Crippen LogP contribution is 2.24. The highest BCUT2D eigenvalue weighted by molar-refractivity contribution is 9.09. The smallest absolute Gasteiger partial charge is 0.254 e. The van der Waals surface area contributed by atoms with Crippen molar-refractivity contribution in [3.63, 3.8) is 0 Å². The van der Waals surface area contributed by atoms with Gasteiger partial charge in [-0.05, 0) is 49.3 Å². The molecule has 2 rings (SSSR count). The van der Waals surface area contributed by atoms with E-state index < -0.39 is 23.8 Å². The average molecular weight is 706 g/mol. The number of methoxy groups -OCH3 is 1. The number of alkyl halides is 1. The maximum atomic E-state index is 13.3. The van der Waals surface area contributed by atoms with E-state index in [0.717, 1.165) is 18.4 Å². The molecular formula is C34H53BrN6O5. The minimum atomic E-state index is -0.855. The lowest BCUT2D eigenvalue weighted by molar-refractivity contribution is -0.139. The van der Waals surface area contributed by atoms with Gasteiger partial charge >= 0.3 is 0 Å². The van der Waals surface area contributed by atoms with Crippen molar-refractivity contribution in [3.8, 4) is 0 Å². The normalized spacial score (nSPS) is 17.4. The van der Waals surface area contributed by atoms with Crippen molar-refractivity contribution in [2.75, 3.05) is 37.9 Å². The number of carbonyl (C=O) groups excluding carboxylic acids is 4. The molecule has 1 aromatic rings. The largest absolute Gasteiger partial charge is 0.380 e. The van der Waals surface area contributed by atoms with E-state index in [-0.39, 0.29) is 36.6 Å². The molecule has 0 radical (unpaired) electrons. The number of nitrogens with one attached hydrogen (secondary N) is 4. The van der Waals surface area contributed by atoms with Gasteiger partial charge in [-0.25, -0.2) is 0 Å². The fourth-order valence-electron chi connectivity index (χ4n) is 5.30. The summed E-state index contributed by atoms with van der Waals surface area (Å²) < 4.78 is 5.80. The molecular weight excluding hydrogens is 652 g/mol. The van der Waals surface area contributed by atoms with Crippen LogP contribution in [-0.2, 0) is 30.3 Å². The van der Waals surface area contributed by atoms with Crippen LogP contribution in [0, 0.1) is 17.8 Å². The number of likely N-dealkylation sites (N-methyl/N-ethyl adjacent to an activating group) is 1. The van der Waals surface area contributed by atoms with E-state index in [2.05, 4.69) is 63.0 Å². The van der Waals surface area contributed by atoms with Crippen LogP contribution < -0.4 is 21.3 Å². The van der Waals surface area contributed by atoms with E-state index >= 15 is 0 Å². The molecule has 0 bridgehead atoms. The minimum absolute atomic E-state index is 0.0507. The van der Waals surface area contributed by atoms with E-state index in [1.165, 1.54) is 26.0 Å². The highest BCUT2D eigenvalue weighted by Gasteiger charge is 2.30. The van der Waals surface area contributed by atoms with Gasteiger partial charge in [0.15, 0.2) is 0 Å². The molecule has 1 aromatic carbocycles. The number of halogens is 1. The summed E-state index contributed by atoms with van der Waals surface area (Å²) in [6, 6.07) is 6.55. The molecule has 1 aliphatic heterocycles. The summed E-state index contributed by atoms with van der Waals surface area (Å²) in [6.45, 7) is 10.4. The maximum Gasteiger partial charge on any atom is 0.254 e. The second kappa shape index (κ2) is 20.1. The van der Waals surface area contributed by atoms with Crippen LogP contribution in [0.3, 0.4) is 0 Å². The van der Waals surface area contributed by atoms with Gasteiger partial charge in [0.05, 0.1) is 24.1 Å². The van der Waals surface area contributed by atoms with Crippen LogP contribution in [-0.4, -0.2) is 85.6 Å². The van der Waals surface area contributed by atoms with Gasteiger partial charge in [0.1, 0.15) is 12.2 Å². The zero-order chi connectivity index (χ0) is 34.2. The Morgan fingerprint density at radius 1 is 1.13 bits per heavy atom. The first-order chi connectivity index (χ1) is 21.9. The first-order valence-corrected chi connectivity index (χ1v) is 17.3. The van der Waals surface area contributed by atoms with Gasteiger partial charge in [0.25, 0.3) is 5.91 Å². The monoisotopic (exact) mass is 704 g/mol. The maximum absolute atomic E-state index is 13.3. The summed E-state index contributed by atoms with van der Waals surface area (Å²) in [4.78, 5) is 56.6. The van der Waals surface area contributed by atoms with Gasteiger partial charge in [-0.3, -0.25) is 24.2 Å². The van der Waals surface area contributed by atoms with Gasteiger partial charge in [-0.1, -0.05) is 75.0 Å². The Morgan fingerprint density at radius 2 is 1.87 bits per heavy atom. The Labute approximate surface area is 282 Å². The molecule has 11 nitrogen and oxygen atoms in total. The SMILES string of the molecule is CCC(C)CCCC(C)C(OC)C(C)C(=O)N(C)CCc1cccc(NC(=O)CNC(=O)C(C)NC(=O)C2=CNC(CBr)N=C2)c1. The molecule has 4 amide bonds. The minimum Gasteiger partial charge on any atom is -0.380 e. The number of amides is 4. The first kappa shape index (κ1) is 38.9. The van der Waals surface area contributed by atoms with Crippen molar-refractivity contribution in [1.29, 1.82) is 0 Å². The van der Waals surface area contributed by atoms with Gasteiger partial charge in [0.2, 0.25) is 17.7 Å². The number of ether oxygens (including phenoxy) is 1. The molecule has 0 aliphatic carbocycles. The number of carbonyl (C=O) groups is 4. The quantitative estimate of drug-likeness (QED) is 0.160. The third-order valence-electron chi connectivity index (χ3n) is 8.49. The van der Waals surface area contributed by atoms with Gasteiger partial charge < -0.3 is 30.9 Å². The van der Waals surface area contributed by atoms with Crippen LogP contribution in [0.15, 0.2) is 41.0 Å². The molecule has 0 fully saturated rings. The summed E-state index contributed by atoms with van der Waals surface area (Å²) >= 11 is 3.31. The second-order valence-corrected chi connectivity index (χ2v) is 12.9. The number of aliphatic imine (C=N–C) groups is 1. The summed E-state index contributed by atoms with van der Waals surface area (Å²) in [5.41, 5.74) is 1.85. The summed E-state index contributed by atoms with van der Waals surface area (Å²) in [6.07, 6.45) is 7.87. The molecule has 0 saturated heterocycles. The highest BCUT2D eigenvalue weighted by atomic mass is 79.9. The van der Waals surface area contributed by atoms with Crippen LogP contribution >= 0.6 is 15.9 Å². The lowest BCUT2D eigenvalue weighted by Gasteiger charge is -2.31.